The van der Waals surface area contributed by atoms with Gasteiger partial charge in [0.15, 0.2) is 0 Å². The Hall–Kier alpha value is -0.510. The van der Waals surface area contributed by atoms with Gasteiger partial charge < -0.3 is 0 Å². The highest BCUT2D eigenvalue weighted by molar-refractivity contribution is 7.55. The Kier molecular flexibility index (Phi) is 4.94. The minimum absolute atomic E-state index is 0.00859. The Balaban J connectivity index is 4.12. The summed E-state index contributed by atoms with van der Waals surface area (Å²) in [6.45, 7) is 5.79. The van der Waals surface area contributed by atoms with Gasteiger partial charge in [0.05, 0.1) is 0 Å². The minimum Gasteiger partial charge on any atom is -0.271 e. The lowest BCUT2D eigenvalue weighted by molar-refractivity contribution is -0.122. The molecular formula is C7H13NO2S. The molecule has 0 radical (unpaired) electrons. The van der Waals surface area contributed by atoms with Crippen molar-refractivity contribution in [1.82, 2.24) is 0 Å². The second-order valence-corrected chi connectivity index (χ2v) is 3.01. The first kappa shape index (κ1) is 10.5. The smallest absolute Gasteiger partial charge is 0.262 e. The molecule has 0 aliphatic heterocycles. The van der Waals surface area contributed by atoms with Gasteiger partial charge in [-0.1, -0.05) is 27.2 Å². The maximum Gasteiger partial charge on any atom is 0.262 e. The molecule has 4 heteroatoms. The molecule has 0 saturated heterocycles. The van der Waals surface area contributed by atoms with Gasteiger partial charge in [-0.15, -0.1) is 4.36 Å². The van der Waals surface area contributed by atoms with Crippen LogP contribution in [0.15, 0.2) is 4.36 Å². The summed E-state index contributed by atoms with van der Waals surface area (Å²) < 4.78 is 13.1. The van der Waals surface area contributed by atoms with Crippen molar-refractivity contribution in [3.63, 3.8) is 0 Å². The quantitative estimate of drug-likeness (QED) is 0.654. The highest BCUT2D eigenvalue weighted by atomic mass is 32.1. The Bertz CT molecular complexity index is 187. The van der Waals surface area contributed by atoms with Crippen molar-refractivity contribution in [3.05, 3.63) is 0 Å². The van der Waals surface area contributed by atoms with Crippen LogP contribution in [0.4, 0.5) is 0 Å². The first-order valence-corrected chi connectivity index (χ1v) is 4.37. The fourth-order valence-corrected chi connectivity index (χ4v) is 0.957. The van der Waals surface area contributed by atoms with Gasteiger partial charge in [-0.3, -0.25) is 4.79 Å². The fraction of sp³-hybridized carbons (Fsp3) is 0.857. The first-order chi connectivity index (χ1) is 5.13. The SMILES string of the molecule is CCC(C)C(C)C(=O)N=S=O. The van der Waals surface area contributed by atoms with Crippen molar-refractivity contribution in [1.29, 1.82) is 0 Å². The van der Waals surface area contributed by atoms with Gasteiger partial charge >= 0.3 is 0 Å². The molecule has 0 bridgehead atoms. The lowest BCUT2D eigenvalue weighted by Gasteiger charge is -2.12. The fourth-order valence-electron chi connectivity index (χ4n) is 0.717. The molecule has 0 aliphatic rings. The largest absolute Gasteiger partial charge is 0.271 e. The van der Waals surface area contributed by atoms with E-state index in [4.69, 9.17) is 0 Å². The molecule has 0 fully saturated rings. The van der Waals surface area contributed by atoms with Gasteiger partial charge in [0.25, 0.3) is 5.91 Å². The van der Waals surface area contributed by atoms with Crippen molar-refractivity contribution in [2.75, 3.05) is 0 Å². The number of carbonyl (C=O) groups is 1. The predicted molar refractivity (Wildman–Crippen MR) is 44.2 cm³/mol. The molecule has 0 rings (SSSR count). The maximum atomic E-state index is 11.0. The third-order valence-electron chi connectivity index (χ3n) is 2.01. The van der Waals surface area contributed by atoms with Gasteiger partial charge in [0.1, 0.15) is 0 Å². The molecule has 0 aliphatic carbocycles. The summed E-state index contributed by atoms with van der Waals surface area (Å²) in [7, 11) is 0. The van der Waals surface area contributed by atoms with Crippen LogP contribution < -0.4 is 0 Å². The Morgan fingerprint density at radius 1 is 1.55 bits per heavy atom. The molecule has 0 heterocycles. The second kappa shape index (κ2) is 5.18. The normalized spacial score (nSPS) is 15.2. The first-order valence-electron chi connectivity index (χ1n) is 3.67. The molecule has 2 atom stereocenters. The van der Waals surface area contributed by atoms with Gasteiger partial charge in [0, 0.05) is 5.92 Å². The topological polar surface area (TPSA) is 46.5 Å². The summed E-state index contributed by atoms with van der Waals surface area (Å²) in [5.41, 5.74) is 0. The van der Waals surface area contributed by atoms with E-state index in [-0.39, 0.29) is 23.3 Å². The molecule has 2 unspecified atom stereocenters. The third-order valence-corrected chi connectivity index (χ3v) is 2.27. The Labute approximate surface area is 70.4 Å². The maximum absolute atomic E-state index is 11.0. The molecule has 1 amide bonds. The highest BCUT2D eigenvalue weighted by Gasteiger charge is 2.17. The van der Waals surface area contributed by atoms with Crippen molar-refractivity contribution in [2.45, 2.75) is 27.2 Å². The highest BCUT2D eigenvalue weighted by Crippen LogP contribution is 2.15. The summed E-state index contributed by atoms with van der Waals surface area (Å²) in [4.78, 5) is 11.0. The zero-order valence-corrected chi connectivity index (χ0v) is 7.85. The Morgan fingerprint density at radius 3 is 2.45 bits per heavy atom. The summed E-state index contributed by atoms with van der Waals surface area (Å²) in [5, 5.41) is 0. The van der Waals surface area contributed by atoms with Crippen LogP contribution >= 0.6 is 0 Å². The van der Waals surface area contributed by atoms with Crippen LogP contribution in [0.25, 0.3) is 0 Å². The molecule has 0 aromatic rings. The van der Waals surface area contributed by atoms with E-state index in [1.165, 1.54) is 0 Å². The monoisotopic (exact) mass is 175 g/mol. The minimum atomic E-state index is -0.292. The third kappa shape index (κ3) is 3.41. The second-order valence-electron chi connectivity index (χ2n) is 2.68. The van der Waals surface area contributed by atoms with Crippen LogP contribution in [-0.2, 0) is 16.3 Å². The zero-order chi connectivity index (χ0) is 8.85. The molecule has 11 heavy (non-hydrogen) atoms. The molecule has 0 N–H and O–H groups in total. The number of hydrogen-bond donors (Lipinski definition) is 0. The van der Waals surface area contributed by atoms with E-state index in [0.29, 0.717) is 5.92 Å². The number of amides is 1. The summed E-state index contributed by atoms with van der Waals surface area (Å²) in [6.07, 6.45) is 0.936. The van der Waals surface area contributed by atoms with E-state index >= 15 is 0 Å². The van der Waals surface area contributed by atoms with Crippen LogP contribution in [0.2, 0.25) is 0 Å². The van der Waals surface area contributed by atoms with Gasteiger partial charge in [-0.25, -0.2) is 0 Å². The van der Waals surface area contributed by atoms with Crippen molar-refractivity contribution >= 4 is 17.4 Å². The molecule has 0 aromatic heterocycles. The molecule has 0 spiro atoms. The lowest BCUT2D eigenvalue weighted by atomic mass is 9.93. The van der Waals surface area contributed by atoms with Gasteiger partial charge in [-0.05, 0) is 5.92 Å². The van der Waals surface area contributed by atoms with Crippen LogP contribution in [0.5, 0.6) is 0 Å². The average molecular weight is 175 g/mol. The molecular weight excluding hydrogens is 162 g/mol. The Morgan fingerprint density at radius 2 is 2.09 bits per heavy atom. The van der Waals surface area contributed by atoms with Crippen molar-refractivity contribution in [2.24, 2.45) is 16.2 Å². The number of hydrogen-bond acceptors (Lipinski definition) is 2. The summed E-state index contributed by atoms with van der Waals surface area (Å²) in [5.74, 6) is -0.112. The molecule has 64 valence electrons. The molecule has 3 nitrogen and oxygen atoms in total. The van der Waals surface area contributed by atoms with E-state index in [2.05, 4.69) is 4.36 Å². The van der Waals surface area contributed by atoms with Crippen molar-refractivity contribution < 1.29 is 9.00 Å². The van der Waals surface area contributed by atoms with E-state index in [1.54, 1.807) is 6.92 Å². The van der Waals surface area contributed by atoms with Crippen molar-refractivity contribution in [3.8, 4) is 0 Å². The standard InChI is InChI=1S/C7H13NO2S/c1-4-5(2)6(3)7(9)8-11-10/h5-6H,4H2,1-3H3. The van der Waals surface area contributed by atoms with Crippen LogP contribution in [0, 0.1) is 11.8 Å². The van der Waals surface area contributed by atoms with E-state index < -0.39 is 0 Å². The molecule has 0 aromatic carbocycles. The van der Waals surface area contributed by atoms with Crippen LogP contribution in [0.3, 0.4) is 0 Å². The predicted octanol–water partition coefficient (Wildman–Crippen LogP) is 1.59. The average Bonchev–Trinajstić information content (AvgIpc) is 2.02. The van der Waals surface area contributed by atoms with E-state index in [0.717, 1.165) is 6.42 Å². The van der Waals surface area contributed by atoms with E-state index in [1.807, 2.05) is 13.8 Å². The van der Waals surface area contributed by atoms with E-state index in [9.17, 15) is 9.00 Å². The zero-order valence-electron chi connectivity index (χ0n) is 7.03. The number of rotatable bonds is 3. The summed E-state index contributed by atoms with van der Waals surface area (Å²) in [6, 6.07) is 0. The van der Waals surface area contributed by atoms with Crippen LogP contribution in [0.1, 0.15) is 27.2 Å². The molecule has 0 saturated carbocycles. The van der Waals surface area contributed by atoms with Gasteiger partial charge in [-0.2, -0.15) is 4.21 Å². The number of carbonyl (C=O) groups excluding carboxylic acids is 1. The lowest BCUT2D eigenvalue weighted by Crippen LogP contribution is -2.15. The van der Waals surface area contributed by atoms with Gasteiger partial charge in [0.2, 0.25) is 11.5 Å². The van der Waals surface area contributed by atoms with Crippen LogP contribution in [-0.4, -0.2) is 10.1 Å². The summed E-state index contributed by atoms with van der Waals surface area (Å²) >= 11 is -0.00859. The number of nitrogens with zero attached hydrogens (tertiary/aromatic N) is 1.